The van der Waals surface area contributed by atoms with Gasteiger partial charge in [-0.3, -0.25) is 9.36 Å². The first kappa shape index (κ1) is 38.0. The van der Waals surface area contributed by atoms with Crippen LogP contribution in [0.4, 0.5) is 10.1 Å². The molecule has 17 heteroatoms. The van der Waals surface area contributed by atoms with E-state index in [0.717, 1.165) is 12.1 Å². The molecule has 7 N–H and O–H groups in total. The summed E-state index contributed by atoms with van der Waals surface area (Å²) in [6.45, 7) is 0. The first-order valence-corrected chi connectivity index (χ1v) is 18.9. The molecule has 1 amide bonds. The van der Waals surface area contributed by atoms with Gasteiger partial charge in [0.15, 0.2) is 6.10 Å². The van der Waals surface area contributed by atoms with Gasteiger partial charge in [0.05, 0.1) is 23.2 Å². The van der Waals surface area contributed by atoms with Crippen molar-refractivity contribution < 1.29 is 67.5 Å². The number of β-lactam (4-membered cyclic amide) rings is 1. The van der Waals surface area contributed by atoms with Gasteiger partial charge in [-0.05, 0) is 64.3 Å². The van der Waals surface area contributed by atoms with Crippen LogP contribution in [0.2, 0.25) is 0 Å². The first-order valence-electron chi connectivity index (χ1n) is 16.0. The molecule has 4 aromatic carbocycles. The van der Waals surface area contributed by atoms with E-state index in [2.05, 4.69) is 5.18 Å². The van der Waals surface area contributed by atoms with Crippen LogP contribution < -0.4 is 14.9 Å². The number of carbonyl (C=O) groups is 2. The minimum atomic E-state index is -4.56. The maximum absolute atomic E-state index is 13.8. The third-order valence-electron chi connectivity index (χ3n) is 8.88. The number of aliphatic carboxylic acids is 1. The molecule has 2 fully saturated rings. The molecule has 4 aromatic rings. The molecule has 14 nitrogen and oxygen atoms in total. The fourth-order valence-corrected chi connectivity index (χ4v) is 7.72. The minimum absolute atomic E-state index is 0.110. The summed E-state index contributed by atoms with van der Waals surface area (Å²) in [6.07, 6.45) is -11.1. The van der Waals surface area contributed by atoms with Gasteiger partial charge in [0, 0.05) is 21.5 Å². The van der Waals surface area contributed by atoms with Gasteiger partial charge in [-0.1, -0.05) is 54.6 Å². The molecule has 0 bridgehead atoms. The van der Waals surface area contributed by atoms with Gasteiger partial charge in [-0.15, -0.1) is 0 Å². The Kier molecular flexibility index (Phi) is 11.0. The largest absolute Gasteiger partial charge is 0.479 e. The summed E-state index contributed by atoms with van der Waals surface area (Å²) in [5.74, 6) is -4.39. The summed E-state index contributed by atoms with van der Waals surface area (Å²) in [7, 11) is -6.60. The van der Waals surface area contributed by atoms with Crippen LogP contribution in [-0.2, 0) is 29.1 Å². The van der Waals surface area contributed by atoms with E-state index in [1.165, 1.54) is 53.4 Å². The molecular weight excluding hydrogens is 736 g/mol. The number of amides is 1. The second-order valence-electron chi connectivity index (χ2n) is 12.4. The molecule has 0 spiro atoms. The fourth-order valence-electron chi connectivity index (χ4n) is 6.10. The van der Waals surface area contributed by atoms with Gasteiger partial charge in [0.1, 0.15) is 35.8 Å². The van der Waals surface area contributed by atoms with Crippen LogP contribution in [0.1, 0.15) is 23.3 Å². The van der Waals surface area contributed by atoms with E-state index in [1.54, 1.807) is 36.4 Å². The van der Waals surface area contributed by atoms with Crippen molar-refractivity contribution in [3.8, 4) is 22.1 Å². The molecule has 2 heterocycles. The second-order valence-corrected chi connectivity index (χ2v) is 15.2. The number of halogens is 1. The molecule has 0 aliphatic carbocycles. The lowest BCUT2D eigenvalue weighted by Gasteiger charge is -2.46. The Hall–Kier alpha value is -4.70. The van der Waals surface area contributed by atoms with Crippen molar-refractivity contribution in [1.82, 2.24) is 0 Å². The highest BCUT2D eigenvalue weighted by Crippen LogP contribution is 2.47. The summed E-state index contributed by atoms with van der Waals surface area (Å²) in [6, 6.07) is 22.2. The summed E-state index contributed by atoms with van der Waals surface area (Å²) in [5.41, 5.74) is 1.79. The second kappa shape index (κ2) is 15.3. The molecule has 2 aliphatic rings. The molecule has 53 heavy (non-hydrogen) atoms. The zero-order chi connectivity index (χ0) is 38.2. The van der Waals surface area contributed by atoms with Gasteiger partial charge in [-0.25, -0.2) is 13.4 Å². The third kappa shape index (κ3) is 7.98. The molecule has 6 rings (SSSR count). The van der Waals surface area contributed by atoms with Crippen LogP contribution in [0.15, 0.2) is 97.1 Å². The topological polar surface area (TPSA) is 232 Å². The van der Waals surface area contributed by atoms with E-state index in [9.17, 15) is 58.1 Å². The van der Waals surface area contributed by atoms with E-state index in [0.29, 0.717) is 22.4 Å². The highest BCUT2D eigenvalue weighted by Gasteiger charge is 2.51. The van der Waals surface area contributed by atoms with E-state index < -0.39 is 84.3 Å². The number of ether oxygens (including phenoxy) is 2. The quantitative estimate of drug-likeness (QED) is 0.0951. The molecule has 0 saturated carbocycles. The molecular formula is C36H33FNO13PS. The Morgan fingerprint density at radius 3 is 2.19 bits per heavy atom. The van der Waals surface area contributed by atoms with Crippen molar-refractivity contribution in [2.45, 2.75) is 42.9 Å². The van der Waals surface area contributed by atoms with Crippen LogP contribution in [0.5, 0.6) is 5.75 Å². The summed E-state index contributed by atoms with van der Waals surface area (Å²) < 4.78 is 50.0. The highest BCUT2D eigenvalue weighted by molar-refractivity contribution is 7.74. The lowest BCUT2D eigenvalue weighted by atomic mass is 9.82. The Bertz CT molecular complexity index is 2190. The summed E-state index contributed by atoms with van der Waals surface area (Å²) in [5, 5.41) is 54.3. The van der Waals surface area contributed by atoms with Gasteiger partial charge in [0.2, 0.25) is 12.2 Å². The molecule has 2 saturated heterocycles. The molecule has 278 valence electrons. The van der Waals surface area contributed by atoms with Crippen LogP contribution in [0.25, 0.3) is 11.1 Å². The SMILES string of the molecule is O=C(O)C1O[C@@H](Oc2cc(-c3ccc(P(=O)(O)O)cc3)ccc2[C@@H]2C(C#S(=O)C[C@H](O)c3ccc(F)cc3)C(=O)N2c2ccccc2)C(O)C(O)[C@@H]1O. The molecule has 0 aromatic heterocycles. The number of aliphatic hydroxyl groups is 4. The van der Waals surface area contributed by atoms with Crippen LogP contribution >= 0.6 is 7.60 Å². The average Bonchev–Trinajstić information content (AvgIpc) is 3.13. The van der Waals surface area contributed by atoms with Crippen molar-refractivity contribution in [2.75, 3.05) is 10.7 Å². The Morgan fingerprint density at radius 1 is 0.925 bits per heavy atom. The zero-order valence-corrected chi connectivity index (χ0v) is 29.0. The fraction of sp³-hybridized carbons (Fsp3) is 0.250. The molecule has 2 aliphatic heterocycles. The Morgan fingerprint density at radius 2 is 1.57 bits per heavy atom. The number of hydrogen-bond donors (Lipinski definition) is 7. The lowest BCUT2D eigenvalue weighted by Crippen LogP contribution is -2.61. The van der Waals surface area contributed by atoms with Gasteiger partial charge >= 0.3 is 13.6 Å². The van der Waals surface area contributed by atoms with Crippen molar-refractivity contribution in [2.24, 2.45) is 5.92 Å². The minimum Gasteiger partial charge on any atom is -0.479 e. The van der Waals surface area contributed by atoms with E-state index in [1.807, 2.05) is 0 Å². The van der Waals surface area contributed by atoms with E-state index in [4.69, 9.17) is 9.47 Å². The summed E-state index contributed by atoms with van der Waals surface area (Å²) in [4.78, 5) is 46.1. The third-order valence-corrected chi connectivity index (χ3v) is 11.0. The highest BCUT2D eigenvalue weighted by atomic mass is 32.2. The Labute approximate surface area is 303 Å². The number of aliphatic hydroxyl groups excluding tert-OH is 4. The van der Waals surface area contributed by atoms with Crippen LogP contribution in [-0.4, -0.2) is 87.9 Å². The summed E-state index contributed by atoms with van der Waals surface area (Å²) >= 11 is 0. The predicted molar refractivity (Wildman–Crippen MR) is 187 cm³/mol. The molecule has 8 atom stereocenters. The number of benzene rings is 4. The molecule has 0 radical (unpaired) electrons. The number of carboxylic acid groups (broad SMARTS) is 1. The normalized spacial score (nSPS) is 24.8. The van der Waals surface area contributed by atoms with Crippen molar-refractivity contribution in [1.29, 1.82) is 0 Å². The van der Waals surface area contributed by atoms with Crippen LogP contribution in [0.3, 0.4) is 0 Å². The number of para-hydroxylation sites is 1. The van der Waals surface area contributed by atoms with Gasteiger partial charge in [-0.2, -0.15) is 0 Å². The number of nitrogens with zero attached hydrogens (tertiary/aromatic N) is 1. The predicted octanol–water partition coefficient (Wildman–Crippen LogP) is 1.71. The standard InChI is InChI=1S/C36H33FNO13PS/c37-22-11-6-20(7-12-22)27(39)18-53(49)17-26-29(38(34(26)43)23-4-2-1-3-5-23)25-15-10-21(19-8-13-24(14-9-19)52(46,47)48)16-28(25)50-36-32(42)30(40)31(41)33(51-36)35(44)45/h1-16,26-27,29-33,36,39-42H,18H2,(H,44,45)(H2,46,47,48)/t26?,27-,29+,30?,31-,32?,33?,36+/m0/s1. The average molecular weight is 770 g/mol. The van der Waals surface area contributed by atoms with Crippen molar-refractivity contribution in [3.63, 3.8) is 0 Å². The number of hydrogen-bond acceptors (Lipinski definition) is 10. The smallest absolute Gasteiger partial charge is 0.356 e. The monoisotopic (exact) mass is 769 g/mol. The zero-order valence-electron chi connectivity index (χ0n) is 27.3. The van der Waals surface area contributed by atoms with Crippen molar-refractivity contribution in [3.05, 3.63) is 114 Å². The van der Waals surface area contributed by atoms with Crippen molar-refractivity contribution >= 4 is 40.7 Å². The molecule has 4 unspecified atom stereocenters. The van der Waals surface area contributed by atoms with Crippen LogP contribution in [0, 0.1) is 16.9 Å². The maximum atomic E-state index is 13.8. The number of carboxylic acids is 1. The first-order chi connectivity index (χ1) is 25.1. The Balaban J connectivity index is 1.44. The van der Waals surface area contributed by atoms with Gasteiger partial charge in [0.25, 0.3) is 0 Å². The van der Waals surface area contributed by atoms with Gasteiger partial charge < -0.3 is 49.7 Å². The lowest BCUT2D eigenvalue weighted by molar-refractivity contribution is -0.271. The number of rotatable bonds is 9. The maximum Gasteiger partial charge on any atom is 0.356 e. The number of anilines is 1. The number of carbonyl (C=O) groups excluding carboxylic acids is 1. The van der Waals surface area contributed by atoms with E-state index >= 15 is 0 Å². The van der Waals surface area contributed by atoms with E-state index in [-0.39, 0.29) is 22.4 Å².